The van der Waals surface area contributed by atoms with Crippen LogP contribution in [0, 0.1) is 0 Å². The van der Waals surface area contributed by atoms with E-state index in [1.165, 1.54) is 0 Å². The molecule has 0 saturated carbocycles. The Bertz CT molecular complexity index is 570. The van der Waals surface area contributed by atoms with Gasteiger partial charge in [0.05, 0.1) is 65.0 Å². The van der Waals surface area contributed by atoms with Crippen LogP contribution in [0.15, 0.2) is 24.3 Å². The van der Waals surface area contributed by atoms with Gasteiger partial charge in [-0.2, -0.15) is 0 Å². The van der Waals surface area contributed by atoms with E-state index in [1.54, 1.807) is 6.07 Å². The monoisotopic (exact) mass is 396 g/mol. The summed E-state index contributed by atoms with van der Waals surface area (Å²) in [6.45, 7) is 9.70. The molecule has 0 aliphatic carbocycles. The van der Waals surface area contributed by atoms with Crippen LogP contribution in [0.1, 0.15) is 36.7 Å². The van der Waals surface area contributed by atoms with Gasteiger partial charge in [-0.3, -0.25) is 0 Å². The van der Waals surface area contributed by atoms with Crippen LogP contribution in [0.2, 0.25) is 0 Å². The number of benzene rings is 1. The number of esters is 1. The Morgan fingerprint density at radius 1 is 1.00 bits per heavy atom. The van der Waals surface area contributed by atoms with Crippen molar-refractivity contribution >= 4 is 5.97 Å². The Hall–Kier alpha value is -1.51. The number of carbonyl (C=O) groups excluding carboxylic acids is 1. The van der Waals surface area contributed by atoms with E-state index in [4.69, 9.17) is 28.4 Å². The van der Waals surface area contributed by atoms with E-state index in [0.29, 0.717) is 58.4 Å². The van der Waals surface area contributed by atoms with E-state index >= 15 is 0 Å². The topological polar surface area (TPSA) is 72.5 Å². The first-order valence-electron chi connectivity index (χ1n) is 9.69. The van der Waals surface area contributed by atoms with Crippen LogP contribution in [-0.2, 0) is 35.0 Å². The number of ether oxygens (including phenoxy) is 6. The molecule has 0 amide bonds. The zero-order chi connectivity index (χ0) is 20.2. The lowest BCUT2D eigenvalue weighted by atomic mass is 10.1. The summed E-state index contributed by atoms with van der Waals surface area (Å²) in [5.41, 5.74) is 0.747. The first-order chi connectivity index (χ1) is 13.5. The molecule has 1 aliphatic rings. The van der Waals surface area contributed by atoms with Gasteiger partial charge in [-0.1, -0.05) is 18.2 Å². The summed E-state index contributed by atoms with van der Waals surface area (Å²) in [5, 5.41) is 0. The van der Waals surface area contributed by atoms with Crippen LogP contribution in [0.5, 0.6) is 0 Å². The van der Waals surface area contributed by atoms with Crippen molar-refractivity contribution in [3.63, 3.8) is 0 Å². The van der Waals surface area contributed by atoms with Crippen LogP contribution in [0.25, 0.3) is 0 Å². The maximum Gasteiger partial charge on any atom is 0.339 e. The number of hydrogen-bond acceptors (Lipinski definition) is 7. The first-order valence-corrected chi connectivity index (χ1v) is 9.69. The zero-order valence-corrected chi connectivity index (χ0v) is 17.1. The second kappa shape index (κ2) is 12.1. The Kier molecular flexibility index (Phi) is 9.87. The minimum absolute atomic E-state index is 0.211. The van der Waals surface area contributed by atoms with Crippen LogP contribution in [-0.4, -0.2) is 70.5 Å². The molecule has 1 atom stereocenters. The summed E-state index contributed by atoms with van der Waals surface area (Å²) in [4.78, 5) is 12.4. The smallest absolute Gasteiger partial charge is 0.339 e. The largest absolute Gasteiger partial charge is 0.456 e. The summed E-state index contributed by atoms with van der Waals surface area (Å²) in [6.07, 6.45) is -0.211. The summed E-state index contributed by atoms with van der Waals surface area (Å²) in [5.74, 6) is -0.352. The van der Waals surface area contributed by atoms with E-state index in [9.17, 15) is 4.79 Å². The predicted molar refractivity (Wildman–Crippen MR) is 103 cm³/mol. The fourth-order valence-corrected chi connectivity index (χ4v) is 2.55. The van der Waals surface area contributed by atoms with Gasteiger partial charge in [0.25, 0.3) is 0 Å². The van der Waals surface area contributed by atoms with E-state index in [2.05, 4.69) is 0 Å². The molecule has 0 spiro atoms. The molecule has 7 nitrogen and oxygen atoms in total. The SMILES string of the molecule is CC(C)(C)OC(=O)c1ccccc1COCC1COCCOCCOCCO1. The highest BCUT2D eigenvalue weighted by Crippen LogP contribution is 2.16. The van der Waals surface area contributed by atoms with Crippen molar-refractivity contribution in [1.29, 1.82) is 0 Å². The van der Waals surface area contributed by atoms with E-state index in [-0.39, 0.29) is 18.7 Å². The molecular formula is C21H32O7. The van der Waals surface area contributed by atoms with Gasteiger partial charge in [0.2, 0.25) is 0 Å². The van der Waals surface area contributed by atoms with Gasteiger partial charge < -0.3 is 28.4 Å². The summed E-state index contributed by atoms with van der Waals surface area (Å²) in [6, 6.07) is 7.30. The third-order valence-electron chi connectivity index (χ3n) is 3.83. The molecule has 1 aromatic rings. The van der Waals surface area contributed by atoms with Crippen molar-refractivity contribution in [2.45, 2.75) is 39.1 Å². The number of carbonyl (C=O) groups is 1. The standard InChI is InChI=1S/C21H32O7/c1-21(2,3)28-20(22)19-7-5-4-6-17(19)14-26-16-18-15-25-11-10-23-8-9-24-12-13-27-18/h4-7,18H,8-16H2,1-3H3. The molecule has 7 heteroatoms. The van der Waals surface area contributed by atoms with Gasteiger partial charge in [-0.25, -0.2) is 4.79 Å². The highest BCUT2D eigenvalue weighted by Gasteiger charge is 2.20. The van der Waals surface area contributed by atoms with E-state index in [0.717, 1.165) is 5.56 Å². The van der Waals surface area contributed by atoms with Crippen LogP contribution < -0.4 is 0 Å². The lowest BCUT2D eigenvalue weighted by molar-refractivity contribution is -0.0922. The van der Waals surface area contributed by atoms with E-state index in [1.807, 2.05) is 39.0 Å². The molecular weight excluding hydrogens is 364 g/mol. The lowest BCUT2D eigenvalue weighted by Gasteiger charge is -2.21. The average molecular weight is 396 g/mol. The molecule has 0 radical (unpaired) electrons. The van der Waals surface area contributed by atoms with Gasteiger partial charge in [-0.15, -0.1) is 0 Å². The molecule has 1 aromatic carbocycles. The molecule has 1 fully saturated rings. The molecule has 0 aromatic heterocycles. The maximum absolute atomic E-state index is 12.4. The predicted octanol–water partition coefficient (Wildman–Crippen LogP) is 2.61. The average Bonchev–Trinajstić information content (AvgIpc) is 2.62. The minimum atomic E-state index is -0.546. The summed E-state index contributed by atoms with van der Waals surface area (Å²) >= 11 is 0. The van der Waals surface area contributed by atoms with Crippen molar-refractivity contribution < 1.29 is 33.2 Å². The van der Waals surface area contributed by atoms with Crippen molar-refractivity contribution in [3.8, 4) is 0 Å². The minimum Gasteiger partial charge on any atom is -0.456 e. The fraction of sp³-hybridized carbons (Fsp3) is 0.667. The zero-order valence-electron chi connectivity index (χ0n) is 17.1. The lowest BCUT2D eigenvalue weighted by Crippen LogP contribution is -2.29. The highest BCUT2D eigenvalue weighted by atomic mass is 16.6. The van der Waals surface area contributed by atoms with Crippen molar-refractivity contribution in [1.82, 2.24) is 0 Å². The van der Waals surface area contributed by atoms with Crippen LogP contribution in [0.4, 0.5) is 0 Å². The molecule has 1 unspecified atom stereocenters. The second-order valence-corrected chi connectivity index (χ2v) is 7.47. The Balaban J connectivity index is 1.86. The molecule has 158 valence electrons. The third kappa shape index (κ3) is 9.12. The highest BCUT2D eigenvalue weighted by molar-refractivity contribution is 5.91. The van der Waals surface area contributed by atoms with Gasteiger partial charge in [0.1, 0.15) is 11.7 Å². The molecule has 0 bridgehead atoms. The molecule has 1 aliphatic heterocycles. The quantitative estimate of drug-likeness (QED) is 0.709. The number of rotatable bonds is 5. The van der Waals surface area contributed by atoms with Gasteiger partial charge >= 0.3 is 5.97 Å². The van der Waals surface area contributed by atoms with Crippen LogP contribution >= 0.6 is 0 Å². The fourth-order valence-electron chi connectivity index (χ4n) is 2.55. The molecule has 1 saturated heterocycles. The molecule has 1 heterocycles. The molecule has 0 N–H and O–H groups in total. The van der Waals surface area contributed by atoms with Crippen molar-refractivity contribution in [2.24, 2.45) is 0 Å². The second-order valence-electron chi connectivity index (χ2n) is 7.47. The van der Waals surface area contributed by atoms with Crippen molar-refractivity contribution in [3.05, 3.63) is 35.4 Å². The first kappa shape index (κ1) is 22.8. The summed E-state index contributed by atoms with van der Waals surface area (Å²) < 4.78 is 33.5. The maximum atomic E-state index is 12.4. The normalized spacial score (nSPS) is 20.0. The van der Waals surface area contributed by atoms with Gasteiger partial charge in [0, 0.05) is 0 Å². The molecule has 2 rings (SSSR count). The third-order valence-corrected chi connectivity index (χ3v) is 3.83. The Morgan fingerprint density at radius 2 is 1.64 bits per heavy atom. The Labute approximate surface area is 167 Å². The Morgan fingerprint density at radius 3 is 2.36 bits per heavy atom. The van der Waals surface area contributed by atoms with Crippen LogP contribution in [0.3, 0.4) is 0 Å². The molecule has 28 heavy (non-hydrogen) atoms. The van der Waals surface area contributed by atoms with Crippen molar-refractivity contribution in [2.75, 3.05) is 52.9 Å². The summed E-state index contributed by atoms with van der Waals surface area (Å²) in [7, 11) is 0. The van der Waals surface area contributed by atoms with E-state index < -0.39 is 5.60 Å². The number of hydrogen-bond donors (Lipinski definition) is 0. The van der Waals surface area contributed by atoms with Gasteiger partial charge in [0.15, 0.2) is 0 Å². The van der Waals surface area contributed by atoms with Gasteiger partial charge in [-0.05, 0) is 32.4 Å².